The molecule has 0 radical (unpaired) electrons. The monoisotopic (exact) mass is 343 g/mol. The molecule has 2 heterocycles. The molecule has 0 N–H and O–H groups in total. The molecule has 0 saturated heterocycles. The minimum atomic E-state index is 0.0391. The Balaban J connectivity index is 1.60. The summed E-state index contributed by atoms with van der Waals surface area (Å²) in [5.41, 5.74) is 4.66. The zero-order valence-corrected chi connectivity index (χ0v) is 14.7. The molecular weight excluding hydrogens is 322 g/mol. The minimum absolute atomic E-state index is 0.0391. The number of amides is 1. The van der Waals surface area contributed by atoms with Crippen LogP contribution in [0.25, 0.3) is 6.08 Å². The van der Waals surface area contributed by atoms with E-state index in [1.807, 2.05) is 71.5 Å². The number of hydrogen-bond acceptors (Lipinski definition) is 2. The maximum absolute atomic E-state index is 12.8. The highest BCUT2D eigenvalue weighted by Gasteiger charge is 2.28. The standard InChI is InChI=1S/C22H21N3O/c1-24-14-19(13-23-24)21-16-25(15-18-9-5-6-10-20(18)21)22(26)12-11-17-7-3-2-4-8-17/h2-14,21H,15-16H2,1H3/b12-11+. The highest BCUT2D eigenvalue weighted by atomic mass is 16.2. The lowest BCUT2D eigenvalue weighted by Crippen LogP contribution is -2.37. The van der Waals surface area contributed by atoms with Gasteiger partial charge in [0.1, 0.15) is 0 Å². The van der Waals surface area contributed by atoms with Gasteiger partial charge in [-0.2, -0.15) is 5.10 Å². The molecular formula is C22H21N3O. The van der Waals surface area contributed by atoms with E-state index in [1.165, 1.54) is 11.1 Å². The third-order valence-corrected chi connectivity index (χ3v) is 4.85. The molecule has 3 aromatic rings. The van der Waals surface area contributed by atoms with E-state index in [4.69, 9.17) is 0 Å². The number of carbonyl (C=O) groups excluding carboxylic acids is 1. The summed E-state index contributed by atoms with van der Waals surface area (Å²) in [6.45, 7) is 1.31. The van der Waals surface area contributed by atoms with Gasteiger partial charge in [-0.3, -0.25) is 9.48 Å². The Morgan fingerprint density at radius 2 is 1.88 bits per heavy atom. The van der Waals surface area contributed by atoms with Gasteiger partial charge in [0, 0.05) is 38.3 Å². The van der Waals surface area contributed by atoms with Gasteiger partial charge in [-0.1, -0.05) is 54.6 Å². The number of benzene rings is 2. The molecule has 1 aliphatic rings. The topological polar surface area (TPSA) is 38.1 Å². The molecule has 0 fully saturated rings. The first-order valence-corrected chi connectivity index (χ1v) is 8.79. The third kappa shape index (κ3) is 3.31. The maximum atomic E-state index is 12.8. The van der Waals surface area contributed by atoms with Crippen molar-refractivity contribution < 1.29 is 4.79 Å². The molecule has 130 valence electrons. The van der Waals surface area contributed by atoms with Crippen LogP contribution >= 0.6 is 0 Å². The Morgan fingerprint density at radius 3 is 2.65 bits per heavy atom. The van der Waals surface area contributed by atoms with Gasteiger partial charge in [0.25, 0.3) is 0 Å². The van der Waals surface area contributed by atoms with E-state index >= 15 is 0 Å². The summed E-state index contributed by atoms with van der Waals surface area (Å²) in [6.07, 6.45) is 7.48. The van der Waals surface area contributed by atoms with Gasteiger partial charge in [-0.05, 0) is 28.3 Å². The van der Waals surface area contributed by atoms with E-state index in [1.54, 1.807) is 6.08 Å². The molecule has 2 aromatic carbocycles. The average molecular weight is 343 g/mol. The van der Waals surface area contributed by atoms with Crippen LogP contribution in [0.2, 0.25) is 0 Å². The largest absolute Gasteiger partial charge is 0.334 e. The zero-order valence-electron chi connectivity index (χ0n) is 14.7. The second kappa shape index (κ2) is 7.00. The van der Waals surface area contributed by atoms with Crippen LogP contribution in [0.15, 0.2) is 73.1 Å². The predicted octanol–water partition coefficient (Wildman–Crippen LogP) is 3.61. The second-order valence-electron chi connectivity index (χ2n) is 6.66. The molecule has 4 nitrogen and oxygen atoms in total. The lowest BCUT2D eigenvalue weighted by Gasteiger charge is -2.34. The van der Waals surface area contributed by atoms with E-state index in [0.717, 1.165) is 11.1 Å². The zero-order chi connectivity index (χ0) is 17.9. The molecule has 4 rings (SSSR count). The van der Waals surface area contributed by atoms with Crippen molar-refractivity contribution in [1.29, 1.82) is 0 Å². The summed E-state index contributed by atoms with van der Waals surface area (Å²) in [5, 5.41) is 4.31. The molecule has 26 heavy (non-hydrogen) atoms. The number of aryl methyl sites for hydroxylation is 1. The molecule has 1 aliphatic heterocycles. The molecule has 0 spiro atoms. The highest BCUT2D eigenvalue weighted by Crippen LogP contribution is 2.33. The molecule has 4 heteroatoms. The lowest BCUT2D eigenvalue weighted by molar-refractivity contribution is -0.127. The van der Waals surface area contributed by atoms with Crippen LogP contribution in [0.1, 0.15) is 28.2 Å². The summed E-state index contributed by atoms with van der Waals surface area (Å²) in [7, 11) is 1.92. The van der Waals surface area contributed by atoms with Crippen LogP contribution in [-0.2, 0) is 18.4 Å². The Hall–Kier alpha value is -3.14. The fraction of sp³-hybridized carbons (Fsp3) is 0.182. The fourth-order valence-corrected chi connectivity index (χ4v) is 3.52. The van der Waals surface area contributed by atoms with Crippen LogP contribution in [0.3, 0.4) is 0 Å². The molecule has 0 aliphatic carbocycles. The van der Waals surface area contributed by atoms with Crippen molar-refractivity contribution in [3.63, 3.8) is 0 Å². The summed E-state index contributed by atoms with van der Waals surface area (Å²) in [4.78, 5) is 14.7. The van der Waals surface area contributed by atoms with E-state index < -0.39 is 0 Å². The normalized spacial score (nSPS) is 16.7. The SMILES string of the molecule is Cn1cc(C2CN(C(=O)/C=C/c3ccccc3)Cc3ccccc32)cn1. The molecule has 1 atom stereocenters. The summed E-state index contributed by atoms with van der Waals surface area (Å²) in [6, 6.07) is 18.3. The summed E-state index contributed by atoms with van der Waals surface area (Å²) >= 11 is 0. The molecule has 1 aromatic heterocycles. The predicted molar refractivity (Wildman–Crippen MR) is 102 cm³/mol. The average Bonchev–Trinajstić information content (AvgIpc) is 3.12. The van der Waals surface area contributed by atoms with Crippen LogP contribution in [0, 0.1) is 0 Å². The smallest absolute Gasteiger partial charge is 0.246 e. The molecule has 1 unspecified atom stereocenters. The van der Waals surface area contributed by atoms with Crippen molar-refractivity contribution in [3.8, 4) is 0 Å². The first-order chi connectivity index (χ1) is 12.7. The summed E-state index contributed by atoms with van der Waals surface area (Å²) in [5.74, 6) is 0.194. The van der Waals surface area contributed by atoms with Crippen molar-refractivity contribution >= 4 is 12.0 Å². The van der Waals surface area contributed by atoms with Crippen molar-refractivity contribution in [2.24, 2.45) is 7.05 Å². The van der Waals surface area contributed by atoms with Gasteiger partial charge < -0.3 is 4.90 Å². The number of hydrogen-bond donors (Lipinski definition) is 0. The van der Waals surface area contributed by atoms with Gasteiger partial charge in [0.05, 0.1) is 6.20 Å². The number of nitrogens with zero attached hydrogens (tertiary/aromatic N) is 3. The number of rotatable bonds is 3. The molecule has 0 bridgehead atoms. The Kier molecular flexibility index (Phi) is 4.40. The van der Waals surface area contributed by atoms with Gasteiger partial charge in [0.15, 0.2) is 0 Å². The van der Waals surface area contributed by atoms with Crippen LogP contribution < -0.4 is 0 Å². The third-order valence-electron chi connectivity index (χ3n) is 4.85. The van der Waals surface area contributed by atoms with Crippen molar-refractivity contribution in [2.75, 3.05) is 6.54 Å². The van der Waals surface area contributed by atoms with E-state index in [9.17, 15) is 4.79 Å². The second-order valence-corrected chi connectivity index (χ2v) is 6.66. The molecule has 0 saturated carbocycles. The Labute approximate surface area is 153 Å². The first-order valence-electron chi connectivity index (χ1n) is 8.79. The van der Waals surface area contributed by atoms with Crippen molar-refractivity contribution in [1.82, 2.24) is 14.7 Å². The van der Waals surface area contributed by atoms with Gasteiger partial charge in [-0.15, -0.1) is 0 Å². The highest BCUT2D eigenvalue weighted by molar-refractivity contribution is 5.92. The maximum Gasteiger partial charge on any atom is 0.246 e. The molecule has 1 amide bonds. The first kappa shape index (κ1) is 16.3. The van der Waals surface area contributed by atoms with Crippen LogP contribution in [-0.4, -0.2) is 27.1 Å². The van der Waals surface area contributed by atoms with Crippen LogP contribution in [0.4, 0.5) is 0 Å². The quantitative estimate of drug-likeness (QED) is 0.682. The Bertz CT molecular complexity index is 943. The van der Waals surface area contributed by atoms with Gasteiger partial charge in [0.2, 0.25) is 5.91 Å². The summed E-state index contributed by atoms with van der Waals surface area (Å²) < 4.78 is 1.81. The van der Waals surface area contributed by atoms with E-state index in [0.29, 0.717) is 13.1 Å². The van der Waals surface area contributed by atoms with Gasteiger partial charge >= 0.3 is 0 Å². The van der Waals surface area contributed by atoms with Crippen molar-refractivity contribution in [3.05, 3.63) is 95.3 Å². The van der Waals surface area contributed by atoms with Gasteiger partial charge in [-0.25, -0.2) is 0 Å². The van der Waals surface area contributed by atoms with E-state index in [-0.39, 0.29) is 11.8 Å². The Morgan fingerprint density at radius 1 is 1.12 bits per heavy atom. The minimum Gasteiger partial charge on any atom is -0.334 e. The lowest BCUT2D eigenvalue weighted by atomic mass is 9.86. The number of carbonyl (C=O) groups is 1. The van der Waals surface area contributed by atoms with Crippen LogP contribution in [0.5, 0.6) is 0 Å². The number of aromatic nitrogens is 2. The number of fused-ring (bicyclic) bond motifs is 1. The van der Waals surface area contributed by atoms with E-state index in [2.05, 4.69) is 23.3 Å². The van der Waals surface area contributed by atoms with Crippen molar-refractivity contribution in [2.45, 2.75) is 12.5 Å². The fourth-order valence-electron chi connectivity index (χ4n) is 3.52.